The van der Waals surface area contributed by atoms with Crippen molar-refractivity contribution in [1.29, 1.82) is 0 Å². The van der Waals surface area contributed by atoms with E-state index in [9.17, 15) is 4.79 Å². The van der Waals surface area contributed by atoms with Gasteiger partial charge in [-0.15, -0.1) is 0 Å². The van der Waals surface area contributed by atoms with Crippen molar-refractivity contribution >= 4 is 5.91 Å². The minimum absolute atomic E-state index is 0.0636. The second-order valence-corrected chi connectivity index (χ2v) is 8.67. The lowest BCUT2D eigenvalue weighted by Gasteiger charge is -2.50. The third-order valence-corrected chi connectivity index (χ3v) is 6.67. The fraction of sp³-hybridized carbons (Fsp3) is 0.696. The lowest BCUT2D eigenvalue weighted by atomic mass is 9.82. The molecule has 0 aliphatic carbocycles. The van der Waals surface area contributed by atoms with E-state index in [2.05, 4.69) is 24.1 Å². The summed E-state index contributed by atoms with van der Waals surface area (Å²) in [5.41, 5.74) is -0.216. The summed E-state index contributed by atoms with van der Waals surface area (Å²) in [5.74, 6) is 1.75. The third-order valence-electron chi connectivity index (χ3n) is 6.67. The number of likely N-dealkylation sites (tertiary alicyclic amines) is 1. The number of para-hydroxylation sites is 2. The first-order chi connectivity index (χ1) is 14.1. The standard InChI is InChI=1S/C23H34N2O4/c1-3-4-7-21-22(26)24-17(2)23(29-21)11-14-25(15-12-23)13-10-18-16-27-19-8-5-6-9-20(19)28-18/h5-6,8-9,17-18,21H,3-4,7,10-16H2,1-2H3,(H,24,26). The monoisotopic (exact) mass is 402 g/mol. The van der Waals surface area contributed by atoms with Gasteiger partial charge in [0.25, 0.3) is 0 Å². The summed E-state index contributed by atoms with van der Waals surface area (Å²) in [5, 5.41) is 3.19. The van der Waals surface area contributed by atoms with E-state index in [1.165, 1.54) is 0 Å². The van der Waals surface area contributed by atoms with Gasteiger partial charge in [0.1, 0.15) is 18.8 Å². The van der Waals surface area contributed by atoms with Gasteiger partial charge in [0, 0.05) is 26.1 Å². The molecule has 1 aromatic rings. The average Bonchev–Trinajstić information content (AvgIpc) is 2.75. The zero-order valence-corrected chi connectivity index (χ0v) is 17.7. The van der Waals surface area contributed by atoms with Crippen molar-refractivity contribution < 1.29 is 19.0 Å². The van der Waals surface area contributed by atoms with Crippen LogP contribution in [0, 0.1) is 0 Å². The van der Waals surface area contributed by atoms with Crippen LogP contribution in [-0.2, 0) is 9.53 Å². The van der Waals surface area contributed by atoms with Crippen molar-refractivity contribution in [2.45, 2.75) is 76.2 Å². The second kappa shape index (κ2) is 8.92. The predicted molar refractivity (Wildman–Crippen MR) is 111 cm³/mol. The molecule has 160 valence electrons. The van der Waals surface area contributed by atoms with Crippen LogP contribution in [0.15, 0.2) is 24.3 Å². The number of amides is 1. The molecule has 3 unspecified atom stereocenters. The zero-order valence-electron chi connectivity index (χ0n) is 17.7. The lowest BCUT2D eigenvalue weighted by Crippen LogP contribution is -2.65. The topological polar surface area (TPSA) is 60.0 Å². The van der Waals surface area contributed by atoms with Crippen LogP contribution in [0.3, 0.4) is 0 Å². The van der Waals surface area contributed by atoms with E-state index in [1.807, 2.05) is 24.3 Å². The largest absolute Gasteiger partial charge is 0.486 e. The molecule has 1 spiro atoms. The van der Waals surface area contributed by atoms with Crippen LogP contribution in [0.2, 0.25) is 0 Å². The van der Waals surface area contributed by atoms with E-state index < -0.39 is 0 Å². The fourth-order valence-corrected chi connectivity index (χ4v) is 4.69. The highest BCUT2D eigenvalue weighted by Gasteiger charge is 2.47. The molecule has 4 rings (SSSR count). The highest BCUT2D eigenvalue weighted by atomic mass is 16.6. The Labute approximate surface area is 173 Å². The third kappa shape index (κ3) is 4.53. The number of ether oxygens (including phenoxy) is 3. The lowest BCUT2D eigenvalue weighted by molar-refractivity contribution is -0.183. The van der Waals surface area contributed by atoms with Gasteiger partial charge < -0.3 is 24.4 Å². The SMILES string of the molecule is CCCCC1OC2(CCN(CCC3COc4ccccc4O3)CC2)C(C)NC1=O. The smallest absolute Gasteiger partial charge is 0.249 e. The molecule has 2 saturated heterocycles. The summed E-state index contributed by atoms with van der Waals surface area (Å²) in [7, 11) is 0. The van der Waals surface area contributed by atoms with Crippen LogP contribution in [-0.4, -0.2) is 60.9 Å². The molecule has 0 bridgehead atoms. The number of nitrogens with zero attached hydrogens (tertiary/aromatic N) is 1. The van der Waals surface area contributed by atoms with Gasteiger partial charge >= 0.3 is 0 Å². The van der Waals surface area contributed by atoms with E-state index in [-0.39, 0.29) is 29.8 Å². The maximum absolute atomic E-state index is 12.3. The summed E-state index contributed by atoms with van der Waals surface area (Å²) in [6, 6.07) is 7.94. The van der Waals surface area contributed by atoms with Crippen LogP contribution in [0.25, 0.3) is 0 Å². The first-order valence-corrected chi connectivity index (χ1v) is 11.2. The Morgan fingerprint density at radius 1 is 1.17 bits per heavy atom. The number of nitrogens with one attached hydrogen (secondary N) is 1. The number of hydrogen-bond donors (Lipinski definition) is 1. The quantitative estimate of drug-likeness (QED) is 0.792. The number of carbonyl (C=O) groups excluding carboxylic acids is 1. The normalized spacial score (nSPS) is 28.9. The summed E-state index contributed by atoms with van der Waals surface area (Å²) < 4.78 is 18.4. The summed E-state index contributed by atoms with van der Waals surface area (Å²) in [6.45, 7) is 7.83. The fourth-order valence-electron chi connectivity index (χ4n) is 4.69. The van der Waals surface area contributed by atoms with Crippen LogP contribution in [0.5, 0.6) is 11.5 Å². The van der Waals surface area contributed by atoms with Crippen molar-refractivity contribution in [2.24, 2.45) is 0 Å². The average molecular weight is 403 g/mol. The van der Waals surface area contributed by atoms with Crippen molar-refractivity contribution in [3.63, 3.8) is 0 Å². The number of rotatable bonds is 6. The molecule has 1 amide bonds. The van der Waals surface area contributed by atoms with E-state index in [4.69, 9.17) is 14.2 Å². The van der Waals surface area contributed by atoms with Gasteiger partial charge in [-0.3, -0.25) is 4.79 Å². The van der Waals surface area contributed by atoms with Crippen molar-refractivity contribution in [3.05, 3.63) is 24.3 Å². The number of fused-ring (bicyclic) bond motifs is 1. The highest BCUT2D eigenvalue weighted by molar-refractivity contribution is 5.82. The number of morpholine rings is 1. The Kier molecular flexibility index (Phi) is 6.30. The van der Waals surface area contributed by atoms with Gasteiger partial charge in [-0.25, -0.2) is 0 Å². The summed E-state index contributed by atoms with van der Waals surface area (Å²) >= 11 is 0. The number of hydrogen-bond acceptors (Lipinski definition) is 5. The molecule has 1 aromatic carbocycles. The molecular weight excluding hydrogens is 368 g/mol. The molecule has 3 heterocycles. The predicted octanol–water partition coefficient (Wildman–Crippen LogP) is 3.14. The van der Waals surface area contributed by atoms with E-state index in [0.29, 0.717) is 6.61 Å². The van der Waals surface area contributed by atoms with Crippen LogP contribution >= 0.6 is 0 Å². The first kappa shape index (κ1) is 20.5. The molecule has 29 heavy (non-hydrogen) atoms. The minimum atomic E-state index is -0.287. The summed E-state index contributed by atoms with van der Waals surface area (Å²) in [6.07, 6.45) is 5.62. The van der Waals surface area contributed by atoms with Crippen LogP contribution < -0.4 is 14.8 Å². The van der Waals surface area contributed by atoms with Gasteiger partial charge in [-0.2, -0.15) is 0 Å². The molecule has 6 heteroatoms. The Balaban J connectivity index is 1.26. The van der Waals surface area contributed by atoms with Gasteiger partial charge in [0.15, 0.2) is 11.5 Å². The van der Waals surface area contributed by atoms with Gasteiger partial charge in [0.2, 0.25) is 5.91 Å². The molecule has 3 atom stereocenters. The van der Waals surface area contributed by atoms with E-state index in [1.54, 1.807) is 0 Å². The highest BCUT2D eigenvalue weighted by Crippen LogP contribution is 2.36. The molecule has 0 saturated carbocycles. The molecule has 3 aliphatic rings. The van der Waals surface area contributed by atoms with E-state index in [0.717, 1.165) is 69.7 Å². The van der Waals surface area contributed by atoms with E-state index >= 15 is 0 Å². The molecule has 6 nitrogen and oxygen atoms in total. The van der Waals surface area contributed by atoms with Crippen LogP contribution in [0.4, 0.5) is 0 Å². The minimum Gasteiger partial charge on any atom is -0.486 e. The van der Waals surface area contributed by atoms with Gasteiger partial charge in [0.05, 0.1) is 11.6 Å². The molecule has 3 aliphatic heterocycles. The molecular formula is C23H34N2O4. The number of carbonyl (C=O) groups is 1. The Morgan fingerprint density at radius 2 is 1.93 bits per heavy atom. The maximum atomic E-state index is 12.3. The van der Waals surface area contributed by atoms with Crippen LogP contribution in [0.1, 0.15) is 52.4 Å². The van der Waals surface area contributed by atoms with Crippen molar-refractivity contribution in [2.75, 3.05) is 26.2 Å². The van der Waals surface area contributed by atoms with Crippen molar-refractivity contribution in [3.8, 4) is 11.5 Å². The Bertz CT molecular complexity index is 702. The Hall–Kier alpha value is -1.79. The molecule has 0 aromatic heterocycles. The molecule has 2 fully saturated rings. The summed E-state index contributed by atoms with van der Waals surface area (Å²) in [4.78, 5) is 14.8. The van der Waals surface area contributed by atoms with Gasteiger partial charge in [-0.1, -0.05) is 31.9 Å². The number of unbranched alkanes of at least 4 members (excludes halogenated alkanes) is 1. The Morgan fingerprint density at radius 3 is 2.69 bits per heavy atom. The van der Waals surface area contributed by atoms with Crippen molar-refractivity contribution in [1.82, 2.24) is 10.2 Å². The number of benzene rings is 1. The molecule has 1 N–H and O–H groups in total. The zero-order chi connectivity index (χ0) is 20.3. The second-order valence-electron chi connectivity index (χ2n) is 8.67. The molecule has 0 radical (unpaired) electrons. The first-order valence-electron chi connectivity index (χ1n) is 11.2. The number of piperidine rings is 1. The van der Waals surface area contributed by atoms with Gasteiger partial charge in [-0.05, 0) is 38.3 Å². The maximum Gasteiger partial charge on any atom is 0.249 e.